The highest BCUT2D eigenvalue weighted by molar-refractivity contribution is 6.27. The highest BCUT2D eigenvalue weighted by Crippen LogP contribution is 2.70. The van der Waals surface area contributed by atoms with Crippen LogP contribution in [-0.2, 0) is 11.3 Å². The highest BCUT2D eigenvalue weighted by atomic mass is 35.5. The van der Waals surface area contributed by atoms with E-state index >= 15 is 0 Å². The number of pyridine rings is 2. The van der Waals surface area contributed by atoms with Crippen molar-refractivity contribution in [3.8, 4) is 17.3 Å². The minimum absolute atomic E-state index is 0.000406. The summed E-state index contributed by atoms with van der Waals surface area (Å²) >= 11 is 6.43. The Morgan fingerprint density at radius 1 is 1.13 bits per heavy atom. The average molecular weight is 642 g/mol. The molecule has 4 aliphatic carbocycles. The Balaban J connectivity index is 1.08. The van der Waals surface area contributed by atoms with Gasteiger partial charge in [-0.15, -0.1) is 11.6 Å². The molecule has 2 amide bonds. The lowest BCUT2D eigenvalue weighted by molar-refractivity contribution is -0.159. The largest absolute Gasteiger partial charge is 0.482 e. The fourth-order valence-electron chi connectivity index (χ4n) is 8.94. The summed E-state index contributed by atoms with van der Waals surface area (Å²) < 4.78 is 10.1. The first-order chi connectivity index (χ1) is 22.1. The second-order valence-electron chi connectivity index (χ2n) is 14.8. The molecule has 0 spiro atoms. The number of amides is 2. The minimum Gasteiger partial charge on any atom is -0.482 e. The maximum atomic E-state index is 13.8. The second kappa shape index (κ2) is 9.70. The number of carbonyl (C=O) groups excluding carboxylic acids is 2. The van der Waals surface area contributed by atoms with E-state index in [1.54, 1.807) is 7.11 Å². The number of nitrogens with zero attached hydrogens (tertiary/aromatic N) is 5. The SMILES string of the molecule is COc1cc(C(=O)N2[C@H]3CC[C@@H]2[C@H](N)C3)cc2nc(-c3cc4ccc([C@@H](C)NC(=O)C56CC(Cl)(C5)C6)nc4n3CC3CC3)c(C)n12. The van der Waals surface area contributed by atoms with E-state index in [2.05, 4.69) is 22.0 Å². The van der Waals surface area contributed by atoms with Gasteiger partial charge >= 0.3 is 0 Å². The standard InChI is InChI=1S/C35H40ClN7O3/c1-18(38-33(45)34-15-35(36,16-34)17-34)25-8-6-21-10-27(41(31(21)39-25)14-20-4-5-20)30-19(2)42-28(40-30)11-22(12-29(42)46-3)32(44)43-23-7-9-26(43)24(37)13-23/h6,8,10-12,18,20,23-24,26H,4-5,7,9,13-17,37H2,1-3H3,(H,38,45)/t18-,23+,24-,26-,34?,35?/m1/s1. The number of methoxy groups -OCH3 is 1. The van der Waals surface area contributed by atoms with E-state index in [9.17, 15) is 9.59 Å². The molecule has 4 atom stereocenters. The van der Waals surface area contributed by atoms with E-state index in [-0.39, 0.29) is 46.3 Å². The van der Waals surface area contributed by atoms with Crippen LogP contribution in [0, 0.1) is 18.3 Å². The number of rotatable bonds is 8. The number of ether oxygens (including phenoxy) is 1. The molecule has 10 rings (SSSR count). The summed E-state index contributed by atoms with van der Waals surface area (Å²) in [5.41, 5.74) is 11.8. The zero-order valence-corrected chi connectivity index (χ0v) is 27.3. The Kier molecular flexibility index (Phi) is 6.03. The zero-order chi connectivity index (χ0) is 31.7. The van der Waals surface area contributed by atoms with Crippen molar-refractivity contribution >= 4 is 40.1 Å². The van der Waals surface area contributed by atoms with Gasteiger partial charge in [-0.2, -0.15) is 0 Å². The van der Waals surface area contributed by atoms with Crippen LogP contribution in [0.15, 0.2) is 30.3 Å². The average Bonchev–Trinajstić information content (AvgIpc) is 3.33. The molecule has 4 saturated carbocycles. The Morgan fingerprint density at radius 2 is 1.91 bits per heavy atom. The molecule has 6 fully saturated rings. The molecule has 0 radical (unpaired) electrons. The maximum absolute atomic E-state index is 13.8. The molecule has 2 saturated heterocycles. The van der Waals surface area contributed by atoms with Crippen molar-refractivity contribution in [3.05, 3.63) is 47.3 Å². The number of nitrogens with two attached hydrogens (primary N) is 1. The van der Waals surface area contributed by atoms with Gasteiger partial charge in [0.05, 0.1) is 35.6 Å². The molecule has 0 aromatic carbocycles. The summed E-state index contributed by atoms with van der Waals surface area (Å²) in [7, 11) is 1.63. The fourth-order valence-corrected chi connectivity index (χ4v) is 9.71. The smallest absolute Gasteiger partial charge is 0.254 e. The van der Waals surface area contributed by atoms with Gasteiger partial charge in [-0.25, -0.2) is 9.97 Å². The van der Waals surface area contributed by atoms with Crippen molar-refractivity contribution in [3.63, 3.8) is 0 Å². The minimum atomic E-state index is -0.285. The van der Waals surface area contributed by atoms with Crippen molar-refractivity contribution in [1.29, 1.82) is 0 Å². The summed E-state index contributed by atoms with van der Waals surface area (Å²) in [4.78, 5) is 39.0. The molecule has 3 N–H and O–H groups in total. The number of hydrogen-bond acceptors (Lipinski definition) is 6. The van der Waals surface area contributed by atoms with Gasteiger partial charge in [0.25, 0.3) is 5.91 Å². The normalized spacial score (nSPS) is 30.0. The number of fused-ring (bicyclic) bond motifs is 4. The first-order valence-corrected chi connectivity index (χ1v) is 17.1. The quantitative estimate of drug-likeness (QED) is 0.258. The van der Waals surface area contributed by atoms with Crippen molar-refractivity contribution in [1.82, 2.24) is 29.2 Å². The Bertz CT molecular complexity index is 1940. The van der Waals surface area contributed by atoms with Gasteiger partial charge in [-0.05, 0) is 95.4 Å². The van der Waals surface area contributed by atoms with Gasteiger partial charge in [0, 0.05) is 46.6 Å². The van der Waals surface area contributed by atoms with Crippen LogP contribution in [0.3, 0.4) is 0 Å². The Morgan fingerprint density at radius 3 is 2.57 bits per heavy atom. The molecule has 6 aliphatic rings. The summed E-state index contributed by atoms with van der Waals surface area (Å²) in [6, 6.07) is 10.1. The van der Waals surface area contributed by atoms with E-state index in [4.69, 9.17) is 32.0 Å². The molecule has 11 heteroatoms. The molecule has 10 nitrogen and oxygen atoms in total. The molecule has 0 unspecified atom stereocenters. The van der Waals surface area contributed by atoms with Gasteiger partial charge in [0.1, 0.15) is 17.0 Å². The van der Waals surface area contributed by atoms with Gasteiger partial charge in [0.2, 0.25) is 5.91 Å². The third-order valence-corrected chi connectivity index (χ3v) is 12.0. The summed E-state index contributed by atoms with van der Waals surface area (Å²) in [5, 5.41) is 4.25. The number of halogens is 1. The number of nitrogens with one attached hydrogen (secondary N) is 1. The molecule has 4 aromatic heterocycles. The predicted molar refractivity (Wildman–Crippen MR) is 175 cm³/mol. The van der Waals surface area contributed by atoms with Crippen molar-refractivity contribution in [2.75, 3.05) is 7.11 Å². The second-order valence-corrected chi connectivity index (χ2v) is 15.6. The fraction of sp³-hybridized carbons (Fsp3) is 0.543. The van der Waals surface area contributed by atoms with E-state index in [0.717, 1.165) is 78.9 Å². The van der Waals surface area contributed by atoms with Crippen molar-refractivity contribution < 1.29 is 14.3 Å². The summed E-state index contributed by atoms with van der Waals surface area (Å²) in [6.45, 7) is 4.90. The molecular formula is C35H40ClN7O3. The van der Waals surface area contributed by atoms with Crippen LogP contribution >= 0.6 is 11.6 Å². The summed E-state index contributed by atoms with van der Waals surface area (Å²) in [6.07, 6.45) is 7.54. The number of carbonyl (C=O) groups is 2. The first kappa shape index (κ1) is 28.6. The molecule has 4 aromatic rings. The predicted octanol–water partition coefficient (Wildman–Crippen LogP) is 5.12. The van der Waals surface area contributed by atoms with Gasteiger partial charge in [0.15, 0.2) is 5.88 Å². The first-order valence-electron chi connectivity index (χ1n) is 16.7. The molecular weight excluding hydrogens is 602 g/mol. The number of imidazole rings is 1. The van der Waals surface area contributed by atoms with Crippen LogP contribution in [-0.4, -0.2) is 65.8 Å². The lowest BCUT2D eigenvalue weighted by atomic mass is 9.43. The number of aromatic nitrogens is 4. The van der Waals surface area contributed by atoms with E-state index in [1.807, 2.05) is 41.3 Å². The third-order valence-electron chi connectivity index (χ3n) is 11.6. The van der Waals surface area contributed by atoms with E-state index in [1.165, 1.54) is 12.8 Å². The Hall–Kier alpha value is -3.63. The van der Waals surface area contributed by atoms with Crippen LogP contribution in [0.4, 0.5) is 0 Å². The van der Waals surface area contributed by atoms with Crippen molar-refractivity contribution in [2.45, 2.75) is 101 Å². The van der Waals surface area contributed by atoms with E-state index < -0.39 is 0 Å². The third kappa shape index (κ3) is 4.11. The lowest BCUT2D eigenvalue weighted by Crippen LogP contribution is -2.69. The van der Waals surface area contributed by atoms with Gasteiger partial charge in [-0.3, -0.25) is 14.0 Å². The molecule has 4 bridgehead atoms. The van der Waals surface area contributed by atoms with Crippen LogP contribution in [0.25, 0.3) is 28.1 Å². The monoisotopic (exact) mass is 641 g/mol. The number of aryl methyl sites for hydroxylation is 1. The van der Waals surface area contributed by atoms with Crippen molar-refractivity contribution in [2.24, 2.45) is 17.1 Å². The maximum Gasteiger partial charge on any atom is 0.254 e. The molecule has 6 heterocycles. The molecule has 2 aliphatic heterocycles. The highest BCUT2D eigenvalue weighted by Gasteiger charge is 2.71. The van der Waals surface area contributed by atoms with E-state index in [0.29, 0.717) is 23.0 Å². The van der Waals surface area contributed by atoms with Gasteiger partial charge in [-0.1, -0.05) is 0 Å². The van der Waals surface area contributed by atoms with Crippen LogP contribution in [0.1, 0.15) is 86.1 Å². The molecule has 46 heavy (non-hydrogen) atoms. The van der Waals surface area contributed by atoms with Crippen LogP contribution < -0.4 is 15.8 Å². The van der Waals surface area contributed by atoms with Crippen LogP contribution in [0.5, 0.6) is 5.88 Å². The zero-order valence-electron chi connectivity index (χ0n) is 26.6. The summed E-state index contributed by atoms with van der Waals surface area (Å²) in [5.74, 6) is 1.26. The molecule has 240 valence electrons. The topological polar surface area (TPSA) is 120 Å². The van der Waals surface area contributed by atoms with Gasteiger partial charge < -0.3 is 25.3 Å². The Labute approximate surface area is 272 Å². The van der Waals surface area contributed by atoms with Crippen LogP contribution in [0.2, 0.25) is 0 Å². The number of hydrogen-bond donors (Lipinski definition) is 2. The lowest BCUT2D eigenvalue weighted by Gasteiger charge is -2.66. The number of alkyl halides is 1.